The second kappa shape index (κ2) is 10.2. The molecule has 8 heteroatoms. The molecule has 0 saturated heterocycles. The molecule has 0 spiro atoms. The summed E-state index contributed by atoms with van der Waals surface area (Å²) in [4.78, 5) is 12.3. The fraction of sp³-hybridized carbons (Fsp3) is 0.381. The molecular formula is C21H28N2O5S. The third-order valence-electron chi connectivity index (χ3n) is 4.48. The van der Waals surface area contributed by atoms with Crippen LogP contribution in [0.2, 0.25) is 0 Å². The van der Waals surface area contributed by atoms with Gasteiger partial charge in [-0.2, -0.15) is 0 Å². The number of anilines is 2. The third-order valence-corrected chi connectivity index (χ3v) is 5.67. The summed E-state index contributed by atoms with van der Waals surface area (Å²) < 4.78 is 36.1. The number of benzene rings is 2. The Kier molecular flexibility index (Phi) is 7.90. The van der Waals surface area contributed by atoms with Crippen LogP contribution in [0.5, 0.6) is 11.5 Å². The van der Waals surface area contributed by atoms with E-state index in [1.807, 2.05) is 19.1 Å². The van der Waals surface area contributed by atoms with Gasteiger partial charge >= 0.3 is 0 Å². The van der Waals surface area contributed by atoms with Crippen LogP contribution in [-0.2, 0) is 21.2 Å². The molecule has 158 valence electrons. The predicted octanol–water partition coefficient (Wildman–Crippen LogP) is 3.45. The summed E-state index contributed by atoms with van der Waals surface area (Å²) in [5, 5.41) is 2.79. The normalized spacial score (nSPS) is 11.0. The molecule has 0 aromatic heterocycles. The Morgan fingerprint density at radius 2 is 1.76 bits per heavy atom. The lowest BCUT2D eigenvalue weighted by Gasteiger charge is -2.22. The number of hydrogen-bond acceptors (Lipinski definition) is 5. The number of hydrogen-bond donors (Lipinski definition) is 1. The van der Waals surface area contributed by atoms with E-state index in [2.05, 4.69) is 5.32 Å². The van der Waals surface area contributed by atoms with Crippen molar-refractivity contribution in [3.05, 3.63) is 48.0 Å². The van der Waals surface area contributed by atoms with Gasteiger partial charge in [0.2, 0.25) is 15.9 Å². The number of rotatable bonds is 10. The third kappa shape index (κ3) is 6.39. The van der Waals surface area contributed by atoms with Gasteiger partial charge in [-0.15, -0.1) is 0 Å². The van der Waals surface area contributed by atoms with Crippen LogP contribution in [0.1, 0.15) is 25.3 Å². The molecule has 0 fully saturated rings. The predicted molar refractivity (Wildman–Crippen MR) is 115 cm³/mol. The number of sulfonamides is 1. The molecule has 2 aromatic rings. The highest BCUT2D eigenvalue weighted by Gasteiger charge is 2.18. The van der Waals surface area contributed by atoms with E-state index in [1.54, 1.807) is 37.4 Å². The monoisotopic (exact) mass is 420 g/mol. The average molecular weight is 421 g/mol. The number of methoxy groups -OCH3 is 2. The van der Waals surface area contributed by atoms with Gasteiger partial charge in [-0.25, -0.2) is 8.42 Å². The standard InChI is InChI=1S/C21H28N2O5S/c1-5-16-8-10-17(11-9-16)23(29(4,25)26)14-6-7-21(24)22-19-13-12-18(27-2)15-20(19)28-3/h8-13,15H,5-7,14H2,1-4H3,(H,22,24). The summed E-state index contributed by atoms with van der Waals surface area (Å²) in [7, 11) is -0.381. The van der Waals surface area contributed by atoms with Crippen molar-refractivity contribution in [1.82, 2.24) is 0 Å². The number of carbonyl (C=O) groups is 1. The lowest BCUT2D eigenvalue weighted by Crippen LogP contribution is -2.31. The molecule has 0 heterocycles. The van der Waals surface area contributed by atoms with Crippen LogP contribution in [0.25, 0.3) is 0 Å². The zero-order valence-corrected chi connectivity index (χ0v) is 18.1. The van der Waals surface area contributed by atoms with Crippen LogP contribution in [0.15, 0.2) is 42.5 Å². The molecule has 0 unspecified atom stereocenters. The molecule has 0 radical (unpaired) electrons. The van der Waals surface area contributed by atoms with Gasteiger partial charge < -0.3 is 14.8 Å². The summed E-state index contributed by atoms with van der Waals surface area (Å²) in [6.07, 6.45) is 2.61. The van der Waals surface area contributed by atoms with Crippen LogP contribution < -0.4 is 19.1 Å². The Balaban J connectivity index is 1.99. The molecule has 0 aliphatic carbocycles. The molecule has 0 bridgehead atoms. The van der Waals surface area contributed by atoms with E-state index < -0.39 is 10.0 Å². The number of aryl methyl sites for hydroxylation is 1. The fourth-order valence-corrected chi connectivity index (χ4v) is 3.85. The Labute approximate surface area is 172 Å². The van der Waals surface area contributed by atoms with Gasteiger partial charge in [-0.3, -0.25) is 9.10 Å². The van der Waals surface area contributed by atoms with Crippen molar-refractivity contribution in [2.75, 3.05) is 36.6 Å². The first-order valence-electron chi connectivity index (χ1n) is 9.37. The number of nitrogens with one attached hydrogen (secondary N) is 1. The maximum Gasteiger partial charge on any atom is 0.232 e. The van der Waals surface area contributed by atoms with Gasteiger partial charge in [0.1, 0.15) is 11.5 Å². The van der Waals surface area contributed by atoms with E-state index >= 15 is 0 Å². The molecule has 0 atom stereocenters. The topological polar surface area (TPSA) is 84.9 Å². The molecule has 2 aromatic carbocycles. The van der Waals surface area contributed by atoms with Crippen LogP contribution in [-0.4, -0.2) is 41.3 Å². The Hall–Kier alpha value is -2.74. The van der Waals surface area contributed by atoms with Gasteiger partial charge in [-0.05, 0) is 42.7 Å². The summed E-state index contributed by atoms with van der Waals surface area (Å²) in [5.74, 6) is 0.896. The Morgan fingerprint density at radius 3 is 2.31 bits per heavy atom. The maximum absolute atomic E-state index is 12.3. The minimum absolute atomic E-state index is 0.175. The lowest BCUT2D eigenvalue weighted by atomic mass is 10.1. The summed E-state index contributed by atoms with van der Waals surface area (Å²) in [5.41, 5.74) is 2.27. The Bertz CT molecular complexity index is 927. The van der Waals surface area contributed by atoms with Crippen molar-refractivity contribution >= 4 is 27.3 Å². The smallest absolute Gasteiger partial charge is 0.232 e. The SMILES string of the molecule is CCc1ccc(N(CCCC(=O)Nc2ccc(OC)cc2OC)S(C)(=O)=O)cc1. The molecule has 1 amide bonds. The second-order valence-electron chi connectivity index (χ2n) is 6.57. The number of nitrogens with zero attached hydrogens (tertiary/aromatic N) is 1. The van der Waals surface area contributed by atoms with Crippen molar-refractivity contribution in [3.8, 4) is 11.5 Å². The van der Waals surface area contributed by atoms with Crippen LogP contribution in [0.3, 0.4) is 0 Å². The molecule has 1 N–H and O–H groups in total. The molecule has 0 saturated carbocycles. The van der Waals surface area contributed by atoms with Crippen molar-refractivity contribution in [3.63, 3.8) is 0 Å². The van der Waals surface area contributed by atoms with E-state index in [-0.39, 0.29) is 18.9 Å². The average Bonchev–Trinajstić information content (AvgIpc) is 2.70. The fourth-order valence-electron chi connectivity index (χ4n) is 2.88. The highest BCUT2D eigenvalue weighted by atomic mass is 32.2. The van der Waals surface area contributed by atoms with E-state index in [9.17, 15) is 13.2 Å². The van der Waals surface area contributed by atoms with E-state index in [1.165, 1.54) is 17.7 Å². The first kappa shape index (κ1) is 22.5. The molecular weight excluding hydrogens is 392 g/mol. The molecule has 0 aliphatic heterocycles. The number of amides is 1. The van der Waals surface area contributed by atoms with Crippen molar-refractivity contribution in [2.24, 2.45) is 0 Å². The van der Waals surface area contributed by atoms with Crippen molar-refractivity contribution < 1.29 is 22.7 Å². The van der Waals surface area contributed by atoms with Gasteiger partial charge in [0.05, 0.1) is 31.9 Å². The number of ether oxygens (including phenoxy) is 2. The van der Waals surface area contributed by atoms with Crippen LogP contribution >= 0.6 is 0 Å². The van der Waals surface area contributed by atoms with Crippen LogP contribution in [0.4, 0.5) is 11.4 Å². The van der Waals surface area contributed by atoms with Gasteiger partial charge in [0, 0.05) is 19.0 Å². The molecule has 0 aliphatic rings. The largest absolute Gasteiger partial charge is 0.497 e. The van der Waals surface area contributed by atoms with Gasteiger partial charge in [0.15, 0.2) is 0 Å². The summed E-state index contributed by atoms with van der Waals surface area (Å²) in [6.45, 7) is 2.26. The van der Waals surface area contributed by atoms with Crippen LogP contribution in [0, 0.1) is 0 Å². The minimum atomic E-state index is -3.45. The molecule has 29 heavy (non-hydrogen) atoms. The quantitative estimate of drug-likeness (QED) is 0.636. The number of carbonyl (C=O) groups excluding carboxylic acids is 1. The molecule has 2 rings (SSSR count). The van der Waals surface area contributed by atoms with Crippen molar-refractivity contribution in [2.45, 2.75) is 26.2 Å². The van der Waals surface area contributed by atoms with Crippen molar-refractivity contribution in [1.29, 1.82) is 0 Å². The minimum Gasteiger partial charge on any atom is -0.497 e. The zero-order valence-electron chi connectivity index (χ0n) is 17.3. The maximum atomic E-state index is 12.3. The van der Waals surface area contributed by atoms with E-state index in [0.29, 0.717) is 29.3 Å². The first-order valence-corrected chi connectivity index (χ1v) is 11.2. The zero-order chi connectivity index (χ0) is 21.4. The highest BCUT2D eigenvalue weighted by molar-refractivity contribution is 7.92. The summed E-state index contributed by atoms with van der Waals surface area (Å²) >= 11 is 0. The first-order chi connectivity index (χ1) is 13.8. The lowest BCUT2D eigenvalue weighted by molar-refractivity contribution is -0.116. The summed E-state index contributed by atoms with van der Waals surface area (Å²) in [6, 6.07) is 12.5. The van der Waals surface area contributed by atoms with E-state index in [4.69, 9.17) is 9.47 Å². The Morgan fingerprint density at radius 1 is 1.07 bits per heavy atom. The molecule has 7 nitrogen and oxygen atoms in total. The van der Waals surface area contributed by atoms with Gasteiger partial charge in [0.25, 0.3) is 0 Å². The van der Waals surface area contributed by atoms with Gasteiger partial charge in [-0.1, -0.05) is 19.1 Å². The highest BCUT2D eigenvalue weighted by Crippen LogP contribution is 2.29. The van der Waals surface area contributed by atoms with E-state index in [0.717, 1.165) is 12.0 Å². The second-order valence-corrected chi connectivity index (χ2v) is 8.48.